The maximum absolute atomic E-state index is 12.9. The van der Waals surface area contributed by atoms with Gasteiger partial charge in [-0.1, -0.05) is 48.5 Å². The summed E-state index contributed by atoms with van der Waals surface area (Å²) in [5.74, 6) is -0.528. The quantitative estimate of drug-likeness (QED) is 0.376. The molecule has 1 atom stereocenters. The fourth-order valence-electron chi connectivity index (χ4n) is 3.52. The van der Waals surface area contributed by atoms with Crippen LogP contribution in [0.3, 0.4) is 0 Å². The molecule has 178 valence electrons. The van der Waals surface area contributed by atoms with Gasteiger partial charge in [0.15, 0.2) is 6.61 Å². The van der Waals surface area contributed by atoms with Crippen LogP contribution in [0.1, 0.15) is 11.3 Å². The maximum atomic E-state index is 12.9. The van der Waals surface area contributed by atoms with Crippen LogP contribution < -0.4 is 20.2 Å². The summed E-state index contributed by atoms with van der Waals surface area (Å²) in [7, 11) is 0. The molecule has 0 aliphatic rings. The minimum atomic E-state index is -1.14. The first-order valence-electron chi connectivity index (χ1n) is 10.9. The number of fused-ring (bicyclic) bond motifs is 1. The molecule has 3 aromatic carbocycles. The molecular weight excluding hydrogens is 450 g/mol. The highest BCUT2D eigenvalue weighted by Crippen LogP contribution is 2.27. The first-order chi connectivity index (χ1) is 16.9. The smallest absolute Gasteiger partial charge is 0.326 e. The van der Waals surface area contributed by atoms with Gasteiger partial charge in [-0.05, 0) is 36.8 Å². The van der Waals surface area contributed by atoms with E-state index in [4.69, 9.17) is 13.9 Å². The zero-order chi connectivity index (χ0) is 24.8. The van der Waals surface area contributed by atoms with E-state index in [1.807, 2.05) is 12.1 Å². The van der Waals surface area contributed by atoms with Crippen molar-refractivity contribution in [3.8, 4) is 17.2 Å². The van der Waals surface area contributed by atoms with Gasteiger partial charge in [0.2, 0.25) is 11.2 Å². The molecule has 0 radical (unpaired) electrons. The van der Waals surface area contributed by atoms with Crippen LogP contribution in [0.4, 0.5) is 0 Å². The molecule has 0 bridgehead atoms. The van der Waals surface area contributed by atoms with Crippen molar-refractivity contribution in [1.82, 2.24) is 5.32 Å². The average molecular weight is 473 g/mol. The van der Waals surface area contributed by atoms with Crippen molar-refractivity contribution in [2.75, 3.05) is 6.61 Å². The molecule has 1 aromatic heterocycles. The highest BCUT2D eigenvalue weighted by atomic mass is 16.5. The standard InChI is InChI=1S/C27H23NO7/c1-17-26(35-19-10-6-3-7-11-19)25(30)21-13-12-20(15-23(21)34-17)33-16-24(29)28-22(27(31)32)14-18-8-4-2-5-9-18/h2-13,15,22H,14,16H2,1H3,(H,28,29)(H,31,32). The normalized spacial score (nSPS) is 11.6. The van der Waals surface area contributed by atoms with Crippen molar-refractivity contribution in [3.63, 3.8) is 0 Å². The first-order valence-corrected chi connectivity index (χ1v) is 10.9. The Morgan fingerprint density at radius 3 is 2.34 bits per heavy atom. The van der Waals surface area contributed by atoms with E-state index in [0.717, 1.165) is 5.56 Å². The Balaban J connectivity index is 1.43. The summed E-state index contributed by atoms with van der Waals surface area (Å²) in [6.07, 6.45) is 0.149. The van der Waals surface area contributed by atoms with Crippen molar-refractivity contribution in [1.29, 1.82) is 0 Å². The molecule has 4 rings (SSSR count). The molecule has 4 aromatic rings. The van der Waals surface area contributed by atoms with Gasteiger partial charge in [0.25, 0.3) is 5.91 Å². The molecule has 1 amide bonds. The van der Waals surface area contributed by atoms with E-state index in [1.165, 1.54) is 18.2 Å². The van der Waals surface area contributed by atoms with E-state index in [2.05, 4.69) is 5.32 Å². The van der Waals surface area contributed by atoms with E-state index >= 15 is 0 Å². The van der Waals surface area contributed by atoms with Gasteiger partial charge in [-0.2, -0.15) is 0 Å². The Bertz CT molecular complexity index is 1400. The number of rotatable bonds is 9. The highest BCUT2D eigenvalue weighted by molar-refractivity contribution is 5.85. The SMILES string of the molecule is Cc1oc2cc(OCC(=O)NC(Cc3ccccc3)C(=O)O)ccc2c(=O)c1Oc1ccccc1. The van der Waals surface area contributed by atoms with Crippen LogP contribution in [0.25, 0.3) is 11.0 Å². The number of carbonyl (C=O) groups excluding carboxylic acids is 1. The van der Waals surface area contributed by atoms with Gasteiger partial charge in [-0.15, -0.1) is 0 Å². The van der Waals surface area contributed by atoms with E-state index in [9.17, 15) is 19.5 Å². The lowest BCUT2D eigenvalue weighted by Gasteiger charge is -2.15. The molecule has 0 saturated carbocycles. The van der Waals surface area contributed by atoms with Gasteiger partial charge in [0, 0.05) is 12.5 Å². The fraction of sp³-hybridized carbons (Fsp3) is 0.148. The lowest BCUT2D eigenvalue weighted by atomic mass is 10.1. The van der Waals surface area contributed by atoms with Crippen molar-refractivity contribution in [3.05, 3.63) is 100 Å². The third-order valence-corrected chi connectivity index (χ3v) is 5.24. The minimum Gasteiger partial charge on any atom is -0.484 e. The number of carbonyl (C=O) groups is 2. The number of para-hydroxylation sites is 1. The number of carboxylic acid groups (broad SMARTS) is 1. The molecule has 1 heterocycles. The van der Waals surface area contributed by atoms with Gasteiger partial charge in [-0.3, -0.25) is 9.59 Å². The number of benzene rings is 3. The van der Waals surface area contributed by atoms with Crippen molar-refractivity contribution < 1.29 is 28.6 Å². The Kier molecular flexibility index (Phi) is 7.11. The molecule has 0 spiro atoms. The second kappa shape index (κ2) is 10.6. The number of hydrogen-bond acceptors (Lipinski definition) is 6. The molecule has 0 aliphatic heterocycles. The number of amides is 1. The first kappa shape index (κ1) is 23.6. The summed E-state index contributed by atoms with van der Waals surface area (Å²) in [4.78, 5) is 36.8. The summed E-state index contributed by atoms with van der Waals surface area (Å²) in [5, 5.41) is 12.2. The van der Waals surface area contributed by atoms with Gasteiger partial charge in [0.1, 0.15) is 28.9 Å². The van der Waals surface area contributed by atoms with Crippen LogP contribution in [0, 0.1) is 6.92 Å². The number of nitrogens with one attached hydrogen (secondary N) is 1. The van der Waals surface area contributed by atoms with Crippen molar-refractivity contribution in [2.24, 2.45) is 0 Å². The topological polar surface area (TPSA) is 115 Å². The lowest BCUT2D eigenvalue weighted by Crippen LogP contribution is -2.44. The van der Waals surface area contributed by atoms with Gasteiger partial charge in [-0.25, -0.2) is 4.79 Å². The largest absolute Gasteiger partial charge is 0.484 e. The number of carboxylic acids is 1. The molecule has 8 nitrogen and oxygen atoms in total. The third-order valence-electron chi connectivity index (χ3n) is 5.24. The predicted octanol–water partition coefficient (Wildman–Crippen LogP) is 4.08. The Morgan fingerprint density at radius 2 is 1.66 bits per heavy atom. The maximum Gasteiger partial charge on any atom is 0.326 e. The Morgan fingerprint density at radius 1 is 0.971 bits per heavy atom. The minimum absolute atomic E-state index is 0.0925. The number of ether oxygens (including phenoxy) is 2. The summed E-state index contributed by atoms with van der Waals surface area (Å²) in [5.41, 5.74) is 0.733. The van der Waals surface area contributed by atoms with Crippen LogP contribution in [0.5, 0.6) is 17.2 Å². The molecule has 0 aliphatic carbocycles. The molecule has 8 heteroatoms. The number of aryl methyl sites for hydroxylation is 1. The monoisotopic (exact) mass is 473 g/mol. The van der Waals surface area contributed by atoms with E-state index in [0.29, 0.717) is 22.6 Å². The van der Waals surface area contributed by atoms with Crippen LogP contribution >= 0.6 is 0 Å². The fourth-order valence-corrected chi connectivity index (χ4v) is 3.52. The molecule has 0 fully saturated rings. The van der Waals surface area contributed by atoms with E-state index in [1.54, 1.807) is 55.5 Å². The summed E-state index contributed by atoms with van der Waals surface area (Å²) in [6.45, 7) is 1.22. The Labute approximate surface area is 200 Å². The predicted molar refractivity (Wildman–Crippen MR) is 129 cm³/mol. The van der Waals surface area contributed by atoms with Crippen molar-refractivity contribution >= 4 is 22.8 Å². The number of aliphatic carboxylic acids is 1. The summed E-state index contributed by atoms with van der Waals surface area (Å²) < 4.78 is 17.0. The Hall–Kier alpha value is -4.59. The second-order valence-corrected chi connectivity index (χ2v) is 7.83. The summed E-state index contributed by atoms with van der Waals surface area (Å²) >= 11 is 0. The van der Waals surface area contributed by atoms with Crippen LogP contribution in [0.2, 0.25) is 0 Å². The number of hydrogen-bond donors (Lipinski definition) is 2. The highest BCUT2D eigenvalue weighted by Gasteiger charge is 2.21. The van der Waals surface area contributed by atoms with Crippen LogP contribution in [0.15, 0.2) is 88.1 Å². The zero-order valence-electron chi connectivity index (χ0n) is 18.9. The zero-order valence-corrected chi connectivity index (χ0v) is 18.9. The van der Waals surface area contributed by atoms with Gasteiger partial charge < -0.3 is 24.3 Å². The van der Waals surface area contributed by atoms with Crippen molar-refractivity contribution in [2.45, 2.75) is 19.4 Å². The molecule has 2 N–H and O–H groups in total. The van der Waals surface area contributed by atoms with E-state index in [-0.39, 0.29) is 23.2 Å². The molecular formula is C27H23NO7. The summed E-state index contributed by atoms with van der Waals surface area (Å²) in [6, 6.07) is 21.4. The van der Waals surface area contributed by atoms with Gasteiger partial charge in [0.05, 0.1) is 5.39 Å². The average Bonchev–Trinajstić information content (AvgIpc) is 2.86. The molecule has 0 saturated heterocycles. The van der Waals surface area contributed by atoms with Gasteiger partial charge >= 0.3 is 5.97 Å². The second-order valence-electron chi connectivity index (χ2n) is 7.83. The van der Waals surface area contributed by atoms with Crippen LogP contribution in [-0.2, 0) is 16.0 Å². The molecule has 1 unspecified atom stereocenters. The van der Waals surface area contributed by atoms with Crippen LogP contribution in [-0.4, -0.2) is 29.6 Å². The van der Waals surface area contributed by atoms with E-state index < -0.39 is 24.5 Å². The molecule has 35 heavy (non-hydrogen) atoms. The lowest BCUT2D eigenvalue weighted by molar-refractivity contribution is -0.142. The third kappa shape index (κ3) is 5.86.